The number of hydrogen-bond donors (Lipinski definition) is 0. The number of aryl methyl sites for hydroxylation is 1. The SMILES string of the molecule is COc1ccc(COCc2ncoc2C)cc1. The Bertz CT molecular complexity index is 462. The number of hydrogen-bond acceptors (Lipinski definition) is 4. The minimum Gasteiger partial charge on any atom is -0.497 e. The third-order valence-corrected chi connectivity index (χ3v) is 2.51. The van der Waals surface area contributed by atoms with Crippen LogP contribution in [0.2, 0.25) is 0 Å². The van der Waals surface area contributed by atoms with Gasteiger partial charge in [0, 0.05) is 0 Å². The van der Waals surface area contributed by atoms with Crippen molar-refractivity contribution >= 4 is 0 Å². The van der Waals surface area contributed by atoms with Crippen LogP contribution in [0.4, 0.5) is 0 Å². The first-order valence-electron chi connectivity index (χ1n) is 5.39. The van der Waals surface area contributed by atoms with Gasteiger partial charge in [0.25, 0.3) is 0 Å². The smallest absolute Gasteiger partial charge is 0.181 e. The molecule has 0 atom stereocenters. The number of oxazole rings is 1. The largest absolute Gasteiger partial charge is 0.497 e. The van der Waals surface area contributed by atoms with Crippen molar-refractivity contribution < 1.29 is 13.9 Å². The van der Waals surface area contributed by atoms with Crippen molar-refractivity contribution in [1.29, 1.82) is 0 Å². The fourth-order valence-corrected chi connectivity index (χ4v) is 1.45. The summed E-state index contributed by atoms with van der Waals surface area (Å²) in [6.07, 6.45) is 1.43. The topological polar surface area (TPSA) is 44.5 Å². The quantitative estimate of drug-likeness (QED) is 0.796. The van der Waals surface area contributed by atoms with Crippen molar-refractivity contribution in [2.24, 2.45) is 0 Å². The van der Waals surface area contributed by atoms with Gasteiger partial charge in [0.05, 0.1) is 20.3 Å². The van der Waals surface area contributed by atoms with Gasteiger partial charge in [0.1, 0.15) is 17.2 Å². The second kappa shape index (κ2) is 5.50. The van der Waals surface area contributed by atoms with Crippen molar-refractivity contribution in [2.75, 3.05) is 7.11 Å². The number of aromatic nitrogens is 1. The molecule has 2 aromatic rings. The Kier molecular flexibility index (Phi) is 3.77. The van der Waals surface area contributed by atoms with Gasteiger partial charge in [-0.15, -0.1) is 0 Å². The van der Waals surface area contributed by atoms with Crippen LogP contribution >= 0.6 is 0 Å². The second-order valence-corrected chi connectivity index (χ2v) is 3.70. The van der Waals surface area contributed by atoms with Crippen molar-refractivity contribution in [3.05, 3.63) is 47.7 Å². The maximum absolute atomic E-state index is 5.56. The zero-order valence-corrected chi connectivity index (χ0v) is 9.97. The molecule has 1 heterocycles. The highest BCUT2D eigenvalue weighted by Crippen LogP contribution is 2.13. The van der Waals surface area contributed by atoms with Gasteiger partial charge >= 0.3 is 0 Å². The van der Waals surface area contributed by atoms with E-state index in [0.29, 0.717) is 13.2 Å². The van der Waals surface area contributed by atoms with Crippen LogP contribution in [0.1, 0.15) is 17.0 Å². The maximum Gasteiger partial charge on any atom is 0.181 e. The van der Waals surface area contributed by atoms with E-state index in [-0.39, 0.29) is 0 Å². The van der Waals surface area contributed by atoms with Crippen LogP contribution in [0.3, 0.4) is 0 Å². The van der Waals surface area contributed by atoms with E-state index in [2.05, 4.69) is 4.98 Å². The average Bonchev–Trinajstić information content (AvgIpc) is 2.76. The summed E-state index contributed by atoms with van der Waals surface area (Å²) in [6, 6.07) is 7.79. The molecule has 0 fully saturated rings. The molecule has 0 N–H and O–H groups in total. The molecule has 1 aromatic carbocycles. The van der Waals surface area contributed by atoms with Gasteiger partial charge in [0.15, 0.2) is 6.39 Å². The Hall–Kier alpha value is -1.81. The molecule has 0 spiro atoms. The van der Waals surface area contributed by atoms with Crippen LogP contribution in [-0.4, -0.2) is 12.1 Å². The lowest BCUT2D eigenvalue weighted by molar-refractivity contribution is 0.104. The fraction of sp³-hybridized carbons (Fsp3) is 0.308. The number of nitrogens with zero attached hydrogens (tertiary/aromatic N) is 1. The van der Waals surface area contributed by atoms with Gasteiger partial charge in [-0.2, -0.15) is 0 Å². The Balaban J connectivity index is 1.83. The molecule has 0 radical (unpaired) electrons. The zero-order valence-electron chi connectivity index (χ0n) is 9.97. The first-order chi connectivity index (χ1) is 8.29. The minimum absolute atomic E-state index is 0.467. The van der Waals surface area contributed by atoms with E-state index in [9.17, 15) is 0 Å². The zero-order chi connectivity index (χ0) is 12.1. The maximum atomic E-state index is 5.56. The van der Waals surface area contributed by atoms with Crippen molar-refractivity contribution in [3.8, 4) is 5.75 Å². The highest BCUT2D eigenvalue weighted by Gasteiger charge is 2.03. The highest BCUT2D eigenvalue weighted by atomic mass is 16.5. The van der Waals surface area contributed by atoms with Crippen LogP contribution in [0.25, 0.3) is 0 Å². The summed E-state index contributed by atoms with van der Waals surface area (Å²) < 4.78 is 15.7. The third-order valence-electron chi connectivity index (χ3n) is 2.51. The second-order valence-electron chi connectivity index (χ2n) is 3.70. The number of rotatable bonds is 5. The molecule has 0 aliphatic heterocycles. The lowest BCUT2D eigenvalue weighted by Crippen LogP contribution is -1.96. The van der Waals surface area contributed by atoms with Gasteiger partial charge in [-0.3, -0.25) is 0 Å². The molecule has 0 amide bonds. The number of methoxy groups -OCH3 is 1. The molecule has 0 saturated carbocycles. The average molecular weight is 233 g/mol. The van der Waals surface area contributed by atoms with Gasteiger partial charge in [-0.25, -0.2) is 4.98 Å². The molecule has 2 rings (SSSR count). The fourth-order valence-electron chi connectivity index (χ4n) is 1.45. The van der Waals surface area contributed by atoms with Crippen molar-refractivity contribution in [1.82, 2.24) is 4.98 Å². The first kappa shape index (κ1) is 11.7. The van der Waals surface area contributed by atoms with Crippen LogP contribution in [0.5, 0.6) is 5.75 Å². The standard InChI is InChI=1S/C13H15NO3/c1-10-13(14-9-17-10)8-16-7-11-3-5-12(15-2)6-4-11/h3-6,9H,7-8H2,1-2H3. The minimum atomic E-state index is 0.467. The first-order valence-corrected chi connectivity index (χ1v) is 5.39. The van der Waals surface area contributed by atoms with Crippen LogP contribution < -0.4 is 4.74 Å². The molecule has 0 bridgehead atoms. The molecule has 4 nitrogen and oxygen atoms in total. The summed E-state index contributed by atoms with van der Waals surface area (Å²) in [5.41, 5.74) is 1.95. The van der Waals surface area contributed by atoms with E-state index < -0.39 is 0 Å². The molecule has 0 aliphatic rings. The van der Waals surface area contributed by atoms with Crippen LogP contribution in [0, 0.1) is 6.92 Å². The van der Waals surface area contributed by atoms with E-state index in [1.54, 1.807) is 7.11 Å². The Morgan fingerprint density at radius 2 is 1.94 bits per heavy atom. The Labute approximate surface area is 100 Å². The molecular weight excluding hydrogens is 218 g/mol. The molecule has 0 saturated heterocycles. The molecular formula is C13H15NO3. The van der Waals surface area contributed by atoms with Crippen LogP contribution in [0.15, 0.2) is 35.1 Å². The van der Waals surface area contributed by atoms with E-state index in [0.717, 1.165) is 22.8 Å². The van der Waals surface area contributed by atoms with Crippen molar-refractivity contribution in [3.63, 3.8) is 0 Å². The van der Waals surface area contributed by atoms with E-state index in [4.69, 9.17) is 13.9 Å². The number of benzene rings is 1. The molecule has 0 unspecified atom stereocenters. The predicted molar refractivity (Wildman–Crippen MR) is 62.7 cm³/mol. The van der Waals surface area contributed by atoms with Gasteiger partial charge in [-0.1, -0.05) is 12.1 Å². The van der Waals surface area contributed by atoms with Gasteiger partial charge in [0.2, 0.25) is 0 Å². The molecule has 1 aromatic heterocycles. The third kappa shape index (κ3) is 3.07. The number of ether oxygens (including phenoxy) is 2. The van der Waals surface area contributed by atoms with Gasteiger partial charge in [-0.05, 0) is 24.6 Å². The Morgan fingerprint density at radius 1 is 1.18 bits per heavy atom. The molecule has 90 valence electrons. The van der Waals surface area contributed by atoms with E-state index >= 15 is 0 Å². The molecule has 17 heavy (non-hydrogen) atoms. The van der Waals surface area contributed by atoms with Gasteiger partial charge < -0.3 is 13.9 Å². The van der Waals surface area contributed by atoms with Crippen molar-refractivity contribution in [2.45, 2.75) is 20.1 Å². The summed E-state index contributed by atoms with van der Waals surface area (Å²) in [5, 5.41) is 0. The Morgan fingerprint density at radius 3 is 2.53 bits per heavy atom. The highest BCUT2D eigenvalue weighted by molar-refractivity contribution is 5.26. The molecule has 0 aliphatic carbocycles. The van der Waals surface area contributed by atoms with E-state index in [1.165, 1.54) is 6.39 Å². The van der Waals surface area contributed by atoms with Crippen LogP contribution in [-0.2, 0) is 18.0 Å². The normalized spacial score (nSPS) is 10.5. The summed E-state index contributed by atoms with van der Waals surface area (Å²) in [6.45, 7) is 2.89. The predicted octanol–water partition coefficient (Wildman–Crippen LogP) is 2.71. The van der Waals surface area contributed by atoms with E-state index in [1.807, 2.05) is 31.2 Å². The summed E-state index contributed by atoms with van der Waals surface area (Å²) >= 11 is 0. The molecule has 4 heteroatoms. The lowest BCUT2D eigenvalue weighted by Gasteiger charge is -2.04. The monoisotopic (exact) mass is 233 g/mol. The summed E-state index contributed by atoms with van der Waals surface area (Å²) in [4.78, 5) is 4.06. The summed E-state index contributed by atoms with van der Waals surface area (Å²) in [5.74, 6) is 1.65. The summed E-state index contributed by atoms with van der Waals surface area (Å²) in [7, 11) is 1.65. The lowest BCUT2D eigenvalue weighted by atomic mass is 10.2.